The zero-order chi connectivity index (χ0) is 56.2. The van der Waals surface area contributed by atoms with Crippen LogP contribution >= 0.6 is 0 Å². The van der Waals surface area contributed by atoms with Gasteiger partial charge in [-0.25, -0.2) is 4.98 Å². The molecule has 3 aromatic heterocycles. The third kappa shape index (κ3) is 14.4. The zero-order valence-electron chi connectivity index (χ0n) is 47.8. The van der Waals surface area contributed by atoms with Crippen LogP contribution in [-0.2, 0) is 29.1 Å². The number of nitrogens with one attached hydrogen (secondary N) is 3. The Morgan fingerprint density at radius 3 is 2.27 bits per heavy atom. The maximum atomic E-state index is 14.5. The van der Waals surface area contributed by atoms with Crippen LogP contribution in [0.5, 0.6) is 11.5 Å². The van der Waals surface area contributed by atoms with E-state index in [0.717, 1.165) is 161 Å². The molecule has 4 aliphatic heterocycles. The molecule has 10 rings (SSSR count). The summed E-state index contributed by atoms with van der Waals surface area (Å²) in [5.41, 5.74) is 7.39. The van der Waals surface area contributed by atoms with Gasteiger partial charge in [0.2, 0.25) is 11.8 Å². The molecular formula is C63H83N11O7. The topological polar surface area (TPSA) is 189 Å². The molecule has 1 saturated carbocycles. The van der Waals surface area contributed by atoms with Crippen LogP contribution in [0.1, 0.15) is 121 Å². The highest BCUT2D eigenvalue weighted by Gasteiger charge is 2.36. The number of methoxy groups -OCH3 is 1. The van der Waals surface area contributed by atoms with E-state index in [1.807, 2.05) is 102 Å². The summed E-state index contributed by atoms with van der Waals surface area (Å²) in [6.07, 6.45) is 13.2. The summed E-state index contributed by atoms with van der Waals surface area (Å²) in [5, 5.41) is 6.58. The first-order chi connectivity index (χ1) is 39.5. The highest BCUT2D eigenvalue weighted by atomic mass is 16.5. The largest absolute Gasteiger partial charge is 0.497 e. The van der Waals surface area contributed by atoms with Gasteiger partial charge in [-0.2, -0.15) is 0 Å². The molecule has 2 aromatic carbocycles. The van der Waals surface area contributed by atoms with Crippen LogP contribution in [0.2, 0.25) is 0 Å². The molecule has 81 heavy (non-hydrogen) atoms. The molecule has 4 amide bonds. The first-order valence-electron chi connectivity index (χ1n) is 30.0. The number of ether oxygens (including phenoxy) is 2. The van der Waals surface area contributed by atoms with E-state index in [2.05, 4.69) is 46.4 Å². The minimum absolute atomic E-state index is 0.0201. The molecule has 1 aliphatic carbocycles. The maximum absolute atomic E-state index is 14.5. The molecule has 4 saturated heterocycles. The third-order valence-electron chi connectivity index (χ3n) is 17.7. The molecule has 2 atom stereocenters. The Labute approximate surface area is 476 Å². The van der Waals surface area contributed by atoms with Crippen molar-refractivity contribution in [3.8, 4) is 11.5 Å². The summed E-state index contributed by atoms with van der Waals surface area (Å²) in [4.78, 5) is 93.6. The Morgan fingerprint density at radius 2 is 1.53 bits per heavy atom. The van der Waals surface area contributed by atoms with Crippen molar-refractivity contribution in [2.24, 2.45) is 11.8 Å². The van der Waals surface area contributed by atoms with Crippen molar-refractivity contribution in [2.75, 3.05) is 110 Å². The van der Waals surface area contributed by atoms with Gasteiger partial charge in [0, 0.05) is 133 Å². The van der Waals surface area contributed by atoms with E-state index in [4.69, 9.17) is 9.47 Å². The maximum Gasteiger partial charge on any atom is 0.272 e. The summed E-state index contributed by atoms with van der Waals surface area (Å²) in [7, 11) is 1.63. The number of hydrogen-bond acceptors (Lipinski definition) is 13. The van der Waals surface area contributed by atoms with Gasteiger partial charge in [0.05, 0.1) is 43.2 Å². The van der Waals surface area contributed by atoms with Gasteiger partial charge in [-0.3, -0.25) is 38.8 Å². The van der Waals surface area contributed by atoms with Gasteiger partial charge in [-0.1, -0.05) is 44.4 Å². The first-order valence-corrected chi connectivity index (χ1v) is 30.0. The zero-order valence-corrected chi connectivity index (χ0v) is 47.8. The molecule has 0 bridgehead atoms. The minimum atomic E-state index is -0.579. The number of nitrogens with zero attached hydrogens (tertiary/aromatic N) is 8. The highest BCUT2D eigenvalue weighted by molar-refractivity contribution is 5.98. The van der Waals surface area contributed by atoms with E-state index in [0.29, 0.717) is 76.0 Å². The number of pyridine rings is 3. The summed E-state index contributed by atoms with van der Waals surface area (Å²) < 4.78 is 11.2. The third-order valence-corrected chi connectivity index (χ3v) is 17.7. The van der Waals surface area contributed by atoms with Gasteiger partial charge in [0.25, 0.3) is 17.4 Å². The van der Waals surface area contributed by atoms with Crippen molar-refractivity contribution < 1.29 is 28.7 Å². The average Bonchev–Trinajstić information content (AvgIpc) is 3.51. The van der Waals surface area contributed by atoms with E-state index in [-0.39, 0.29) is 47.6 Å². The van der Waals surface area contributed by atoms with Gasteiger partial charge in [-0.15, -0.1) is 0 Å². The number of carbonyl (C=O) groups is 4. The Balaban J connectivity index is 0.655. The fourth-order valence-electron chi connectivity index (χ4n) is 12.8. The lowest BCUT2D eigenvalue weighted by molar-refractivity contribution is -0.137. The van der Waals surface area contributed by atoms with E-state index in [9.17, 15) is 24.0 Å². The van der Waals surface area contributed by atoms with E-state index in [1.54, 1.807) is 7.11 Å². The van der Waals surface area contributed by atoms with Crippen LogP contribution in [0, 0.1) is 11.8 Å². The number of aromatic nitrogens is 3. The number of rotatable bonds is 19. The molecule has 432 valence electrons. The molecule has 5 aliphatic rings. The number of H-pyrrole nitrogens is 1. The molecule has 18 nitrogen and oxygen atoms in total. The second kappa shape index (κ2) is 27.3. The fourth-order valence-corrected chi connectivity index (χ4v) is 12.8. The lowest BCUT2D eigenvalue weighted by Crippen LogP contribution is -2.57. The number of carbonyl (C=O) groups excluding carboxylic acids is 4. The highest BCUT2D eigenvalue weighted by Crippen LogP contribution is 2.31. The van der Waals surface area contributed by atoms with Gasteiger partial charge in [-0.05, 0) is 117 Å². The van der Waals surface area contributed by atoms with Crippen molar-refractivity contribution in [3.63, 3.8) is 0 Å². The second-order valence-corrected chi connectivity index (χ2v) is 22.9. The predicted molar refractivity (Wildman–Crippen MR) is 314 cm³/mol. The van der Waals surface area contributed by atoms with E-state index < -0.39 is 6.04 Å². The van der Waals surface area contributed by atoms with Gasteiger partial charge in [0.1, 0.15) is 23.2 Å². The smallest absolute Gasteiger partial charge is 0.272 e. The Bertz CT molecular complexity index is 3010. The lowest BCUT2D eigenvalue weighted by atomic mass is 9.83. The van der Waals surface area contributed by atoms with Gasteiger partial charge in [0.15, 0.2) is 0 Å². The summed E-state index contributed by atoms with van der Waals surface area (Å²) in [6, 6.07) is 20.7. The standard InChI is InChI=1S/C63H83N11O7/c1-4-46-35-55-56(67-60(46)76)33-45(37-65-55)42-70-25-29-71(30-26-70)52-17-19-54(66-39-52)62(78)72-23-20-44(21-24-72)41-69-27-31-73(32-28-69)63(79)59(47-11-7-6-8-12-47)68-61(77)49-14-9-13-48(34-49)51-15-10-22-74(43-51)58(75)40-64-38-50-16-18-53(80-3)36-57(50)81-5-2/h9,13-14,16-19,33-37,39,44,47,51,59,64H,4-8,10-12,15,20-32,38,40-43H2,1-3H3,(H,67,76)(H,68,77)/t51?,59-/m0/s1. The van der Waals surface area contributed by atoms with Crippen molar-refractivity contribution in [3.05, 3.63) is 123 Å². The fraction of sp³-hybridized carbons (Fsp3) is 0.540. The monoisotopic (exact) mass is 1110 g/mol. The lowest BCUT2D eigenvalue weighted by Gasteiger charge is -2.41. The molecule has 0 spiro atoms. The number of piperidine rings is 2. The number of aryl methyl sites for hydroxylation is 1. The van der Waals surface area contributed by atoms with Crippen molar-refractivity contribution in [1.82, 2.24) is 50.1 Å². The van der Waals surface area contributed by atoms with Gasteiger partial charge >= 0.3 is 0 Å². The van der Waals surface area contributed by atoms with E-state index in [1.165, 1.54) is 0 Å². The molecule has 7 heterocycles. The number of benzene rings is 2. The van der Waals surface area contributed by atoms with Crippen molar-refractivity contribution >= 4 is 40.3 Å². The Kier molecular flexibility index (Phi) is 19.3. The first kappa shape index (κ1) is 57.3. The SMILES string of the molecule is CCOc1cc(OC)ccc1CNCC(=O)N1CCCC(c2cccc(C(=O)N[C@H](C(=O)N3CCN(CC4CCN(C(=O)c5ccc(N6CCN(Cc7cnc8cc(CC)c(=O)[nH]c8c7)CC6)cn5)CC4)CC3)C3CCCCC3)c2)C1. The number of likely N-dealkylation sites (tertiary alicyclic amines) is 2. The molecule has 0 radical (unpaired) electrons. The minimum Gasteiger partial charge on any atom is -0.497 e. The van der Waals surface area contributed by atoms with Crippen LogP contribution in [0.15, 0.2) is 83.9 Å². The van der Waals surface area contributed by atoms with Crippen LogP contribution in [-0.4, -0.2) is 174 Å². The molecule has 5 aromatic rings. The van der Waals surface area contributed by atoms with Crippen LogP contribution in [0.4, 0.5) is 5.69 Å². The molecule has 3 N–H and O–H groups in total. The quantitative estimate of drug-likeness (QED) is 0.0816. The molecule has 18 heteroatoms. The molecular weight excluding hydrogens is 1020 g/mol. The molecule has 5 fully saturated rings. The summed E-state index contributed by atoms with van der Waals surface area (Å²) in [5.74, 6) is 1.95. The number of amides is 4. The van der Waals surface area contributed by atoms with Crippen LogP contribution in [0.25, 0.3) is 11.0 Å². The number of fused-ring (bicyclic) bond motifs is 1. The number of piperazine rings is 2. The normalized spacial score (nSPS) is 19.4. The number of aromatic amines is 1. The van der Waals surface area contributed by atoms with E-state index >= 15 is 0 Å². The number of hydrogen-bond donors (Lipinski definition) is 3. The Morgan fingerprint density at radius 1 is 0.741 bits per heavy atom. The van der Waals surface area contributed by atoms with Crippen molar-refractivity contribution in [2.45, 2.75) is 103 Å². The van der Waals surface area contributed by atoms with Crippen molar-refractivity contribution in [1.29, 1.82) is 0 Å². The number of anilines is 1. The van der Waals surface area contributed by atoms with Crippen LogP contribution in [0.3, 0.4) is 0 Å². The molecule has 1 unspecified atom stereocenters. The Hall–Kier alpha value is -6.89. The predicted octanol–water partition coefficient (Wildman–Crippen LogP) is 6.48. The summed E-state index contributed by atoms with van der Waals surface area (Å²) in [6.45, 7) is 15.8. The van der Waals surface area contributed by atoms with Crippen LogP contribution < -0.4 is 30.6 Å². The van der Waals surface area contributed by atoms with Gasteiger partial charge < -0.3 is 44.7 Å². The summed E-state index contributed by atoms with van der Waals surface area (Å²) >= 11 is 0. The second-order valence-electron chi connectivity index (χ2n) is 22.9. The average molecular weight is 1110 g/mol.